The molecule has 1 aromatic carbocycles. The lowest BCUT2D eigenvalue weighted by Gasteiger charge is -2.22. The number of halogens is 1. The second kappa shape index (κ2) is 4.01. The Bertz CT molecular complexity index is 618. The first kappa shape index (κ1) is 11.9. The molecule has 0 N–H and O–H groups in total. The molecule has 2 nitrogen and oxygen atoms in total. The minimum atomic E-state index is -0.114. The summed E-state index contributed by atoms with van der Waals surface area (Å²) in [6.07, 6.45) is 1.64. The van der Waals surface area contributed by atoms with Crippen LogP contribution in [0.3, 0.4) is 0 Å². The lowest BCUT2D eigenvalue weighted by atomic mass is 9.82. The van der Waals surface area contributed by atoms with Gasteiger partial charge < -0.3 is 0 Å². The van der Waals surface area contributed by atoms with Crippen molar-refractivity contribution in [2.75, 3.05) is 0 Å². The minimum Gasteiger partial charge on any atom is -0.255 e. The fourth-order valence-electron chi connectivity index (χ4n) is 2.06. The zero-order valence-corrected chi connectivity index (χ0v) is 10.8. The molecule has 1 aromatic heterocycles. The Morgan fingerprint density at radius 3 is 2.59 bits per heavy atom. The van der Waals surface area contributed by atoms with Crippen LogP contribution in [0.5, 0.6) is 0 Å². The Morgan fingerprint density at radius 1 is 1.29 bits per heavy atom. The Labute approximate surface area is 106 Å². The fourth-order valence-corrected chi connectivity index (χ4v) is 2.23. The van der Waals surface area contributed by atoms with Crippen molar-refractivity contribution in [3.05, 3.63) is 40.5 Å². The Kier molecular flexibility index (Phi) is 2.81. The van der Waals surface area contributed by atoms with Gasteiger partial charge in [0.05, 0.1) is 11.1 Å². The molecule has 1 heterocycles. The van der Waals surface area contributed by atoms with Gasteiger partial charge in [-0.05, 0) is 29.2 Å². The SMILES string of the molecule is CC(C)(C)c1c(C#N)cnc2ccc(Cl)cc12. The van der Waals surface area contributed by atoms with Crippen LogP contribution in [-0.2, 0) is 5.41 Å². The number of pyridine rings is 1. The van der Waals surface area contributed by atoms with E-state index < -0.39 is 0 Å². The lowest BCUT2D eigenvalue weighted by Crippen LogP contribution is -2.14. The summed E-state index contributed by atoms with van der Waals surface area (Å²) in [7, 11) is 0. The highest BCUT2D eigenvalue weighted by atomic mass is 35.5. The van der Waals surface area contributed by atoms with E-state index in [0.717, 1.165) is 16.5 Å². The maximum absolute atomic E-state index is 9.19. The number of hydrogen-bond donors (Lipinski definition) is 0. The molecule has 2 rings (SSSR count). The predicted octanol–water partition coefficient (Wildman–Crippen LogP) is 4.06. The van der Waals surface area contributed by atoms with E-state index in [1.807, 2.05) is 18.2 Å². The topological polar surface area (TPSA) is 36.7 Å². The summed E-state index contributed by atoms with van der Waals surface area (Å²) in [6, 6.07) is 7.79. The average Bonchev–Trinajstić information content (AvgIpc) is 2.25. The molecule has 0 unspecified atom stereocenters. The maximum Gasteiger partial charge on any atom is 0.101 e. The highest BCUT2D eigenvalue weighted by Crippen LogP contribution is 2.33. The van der Waals surface area contributed by atoms with E-state index in [9.17, 15) is 5.26 Å². The molecule has 0 aliphatic carbocycles. The first-order valence-electron chi connectivity index (χ1n) is 5.42. The fraction of sp³-hybridized carbons (Fsp3) is 0.286. The van der Waals surface area contributed by atoms with Crippen molar-refractivity contribution in [3.63, 3.8) is 0 Å². The molecule has 0 saturated heterocycles. The molecule has 0 aliphatic rings. The van der Waals surface area contributed by atoms with Crippen LogP contribution < -0.4 is 0 Å². The van der Waals surface area contributed by atoms with E-state index in [-0.39, 0.29) is 5.41 Å². The largest absolute Gasteiger partial charge is 0.255 e. The van der Waals surface area contributed by atoms with Crippen molar-refractivity contribution in [2.24, 2.45) is 0 Å². The van der Waals surface area contributed by atoms with Gasteiger partial charge in [-0.25, -0.2) is 0 Å². The normalized spacial score (nSPS) is 11.5. The number of nitrogens with zero attached hydrogens (tertiary/aromatic N) is 2. The van der Waals surface area contributed by atoms with Gasteiger partial charge in [0.25, 0.3) is 0 Å². The van der Waals surface area contributed by atoms with Crippen molar-refractivity contribution in [3.8, 4) is 6.07 Å². The van der Waals surface area contributed by atoms with Crippen LogP contribution in [0.4, 0.5) is 0 Å². The van der Waals surface area contributed by atoms with Crippen LogP contribution in [0.15, 0.2) is 24.4 Å². The second-order valence-electron chi connectivity index (χ2n) is 5.07. The average molecular weight is 245 g/mol. The molecule has 0 radical (unpaired) electrons. The third-order valence-electron chi connectivity index (χ3n) is 2.70. The number of aromatic nitrogens is 1. The molecule has 17 heavy (non-hydrogen) atoms. The van der Waals surface area contributed by atoms with Gasteiger partial charge >= 0.3 is 0 Å². The van der Waals surface area contributed by atoms with Crippen LogP contribution in [-0.4, -0.2) is 4.98 Å². The molecule has 0 fully saturated rings. The molecule has 0 saturated carbocycles. The second-order valence-corrected chi connectivity index (χ2v) is 5.51. The van der Waals surface area contributed by atoms with Gasteiger partial charge in [0.1, 0.15) is 6.07 Å². The molecule has 0 spiro atoms. The van der Waals surface area contributed by atoms with Gasteiger partial charge in [-0.3, -0.25) is 4.98 Å². The number of nitriles is 1. The molecular weight excluding hydrogens is 232 g/mol. The van der Waals surface area contributed by atoms with Gasteiger partial charge in [-0.1, -0.05) is 32.4 Å². The van der Waals surface area contributed by atoms with Crippen LogP contribution in [0.25, 0.3) is 10.9 Å². The van der Waals surface area contributed by atoms with Crippen molar-refractivity contribution in [1.82, 2.24) is 4.98 Å². The van der Waals surface area contributed by atoms with Crippen molar-refractivity contribution in [1.29, 1.82) is 5.26 Å². The summed E-state index contributed by atoms with van der Waals surface area (Å²) in [5.74, 6) is 0. The van der Waals surface area contributed by atoms with Gasteiger partial charge in [0, 0.05) is 16.6 Å². The summed E-state index contributed by atoms with van der Waals surface area (Å²) >= 11 is 6.03. The summed E-state index contributed by atoms with van der Waals surface area (Å²) in [4.78, 5) is 4.29. The first-order chi connectivity index (χ1) is 7.93. The Morgan fingerprint density at radius 2 is 2.00 bits per heavy atom. The standard InChI is InChI=1S/C14H13ClN2/c1-14(2,3)13-9(7-16)8-17-12-5-4-10(15)6-11(12)13/h4-6,8H,1-3H3. The summed E-state index contributed by atoms with van der Waals surface area (Å²) in [5, 5.41) is 10.8. The molecular formula is C14H13ClN2. The number of hydrogen-bond acceptors (Lipinski definition) is 2. The quantitative estimate of drug-likeness (QED) is 0.701. The van der Waals surface area contributed by atoms with Gasteiger partial charge in [-0.15, -0.1) is 0 Å². The number of fused-ring (bicyclic) bond motifs is 1. The molecule has 0 aliphatic heterocycles. The zero-order valence-electron chi connectivity index (χ0n) is 10.1. The molecule has 3 heteroatoms. The summed E-state index contributed by atoms with van der Waals surface area (Å²) < 4.78 is 0. The maximum atomic E-state index is 9.19. The van der Waals surface area contributed by atoms with E-state index in [0.29, 0.717) is 10.6 Å². The number of rotatable bonds is 0. The third-order valence-corrected chi connectivity index (χ3v) is 2.94. The van der Waals surface area contributed by atoms with Crippen LogP contribution >= 0.6 is 11.6 Å². The van der Waals surface area contributed by atoms with E-state index >= 15 is 0 Å². The van der Waals surface area contributed by atoms with E-state index in [2.05, 4.69) is 31.8 Å². The zero-order chi connectivity index (χ0) is 12.6. The van der Waals surface area contributed by atoms with Crippen LogP contribution in [0, 0.1) is 11.3 Å². The monoisotopic (exact) mass is 244 g/mol. The smallest absolute Gasteiger partial charge is 0.101 e. The van der Waals surface area contributed by atoms with E-state index in [4.69, 9.17) is 11.6 Å². The predicted molar refractivity (Wildman–Crippen MR) is 70.2 cm³/mol. The van der Waals surface area contributed by atoms with Gasteiger partial charge in [-0.2, -0.15) is 5.26 Å². The molecule has 86 valence electrons. The van der Waals surface area contributed by atoms with Gasteiger partial charge in [0.15, 0.2) is 0 Å². The first-order valence-corrected chi connectivity index (χ1v) is 5.80. The van der Waals surface area contributed by atoms with E-state index in [1.165, 1.54) is 0 Å². The van der Waals surface area contributed by atoms with Crippen molar-refractivity contribution < 1.29 is 0 Å². The molecule has 0 bridgehead atoms. The van der Waals surface area contributed by atoms with Gasteiger partial charge in [0.2, 0.25) is 0 Å². The van der Waals surface area contributed by atoms with Crippen LogP contribution in [0.1, 0.15) is 31.9 Å². The minimum absolute atomic E-state index is 0.114. The number of benzene rings is 1. The Hall–Kier alpha value is -1.59. The highest BCUT2D eigenvalue weighted by Gasteiger charge is 2.21. The molecule has 0 amide bonds. The summed E-state index contributed by atoms with van der Waals surface area (Å²) in [6.45, 7) is 6.26. The molecule has 2 aromatic rings. The third kappa shape index (κ3) is 2.11. The Balaban J connectivity index is 2.93. The molecule has 0 atom stereocenters. The van der Waals surface area contributed by atoms with E-state index in [1.54, 1.807) is 6.20 Å². The van der Waals surface area contributed by atoms with Crippen molar-refractivity contribution >= 4 is 22.5 Å². The highest BCUT2D eigenvalue weighted by molar-refractivity contribution is 6.31. The lowest BCUT2D eigenvalue weighted by molar-refractivity contribution is 0.593. The van der Waals surface area contributed by atoms with Crippen LogP contribution in [0.2, 0.25) is 5.02 Å². The summed E-state index contributed by atoms with van der Waals surface area (Å²) in [5.41, 5.74) is 2.38. The van der Waals surface area contributed by atoms with Crippen molar-refractivity contribution in [2.45, 2.75) is 26.2 Å².